The zero-order valence-electron chi connectivity index (χ0n) is 37.1. The Bertz CT molecular complexity index is 829. The molecule has 8 heteroatoms. The van der Waals surface area contributed by atoms with Crippen LogP contribution in [0.1, 0.15) is 251 Å². The van der Waals surface area contributed by atoms with E-state index in [4.69, 9.17) is 9.47 Å². The molecule has 6 atom stereocenters. The fourth-order valence-corrected chi connectivity index (χ4v) is 8.22. The molecule has 5 N–H and O–H groups in total. The summed E-state index contributed by atoms with van der Waals surface area (Å²) in [4.78, 5) is 13.0. The maximum absolute atomic E-state index is 13.0. The van der Waals surface area contributed by atoms with Crippen LogP contribution in [-0.4, -0.2) is 76.3 Å². The molecule has 0 unspecified atom stereocenters. The normalized spacial score (nSPS) is 20.4. The summed E-state index contributed by atoms with van der Waals surface area (Å²) in [6.45, 7) is 4.19. The van der Waals surface area contributed by atoms with Gasteiger partial charge in [0, 0.05) is 6.42 Å². The molecular weight excluding hydrogens is 703 g/mol. The molecule has 0 radical (unpaired) electrons. The number of nitrogens with one attached hydrogen (secondary N) is 1. The summed E-state index contributed by atoms with van der Waals surface area (Å²) in [6, 6.07) is -0.234. The number of amides is 1. The Morgan fingerprint density at radius 3 is 1.20 bits per heavy atom. The van der Waals surface area contributed by atoms with Gasteiger partial charge in [0.1, 0.15) is 24.4 Å². The third-order valence-electron chi connectivity index (χ3n) is 12.1. The first-order valence-corrected chi connectivity index (χ1v) is 24.7. The lowest BCUT2D eigenvalue weighted by Gasteiger charge is -2.40. The van der Waals surface area contributed by atoms with E-state index in [0.29, 0.717) is 6.42 Å². The molecule has 1 fully saturated rings. The topological polar surface area (TPSA) is 128 Å². The minimum Gasteiger partial charge on any atom is -0.394 e. The highest BCUT2D eigenvalue weighted by atomic mass is 16.7. The smallest absolute Gasteiger partial charge is 0.220 e. The molecule has 1 amide bonds. The number of unbranched alkanes of at least 4 members (excludes halogenated alkanes) is 33. The first kappa shape index (κ1) is 53.2. The molecule has 1 rings (SSSR count). The van der Waals surface area contributed by atoms with Crippen molar-refractivity contribution in [3.05, 3.63) is 0 Å². The minimum absolute atomic E-state index is 0.0237. The largest absolute Gasteiger partial charge is 0.394 e. The van der Waals surface area contributed by atoms with Crippen LogP contribution in [0.4, 0.5) is 0 Å². The predicted molar refractivity (Wildman–Crippen MR) is 234 cm³/mol. The zero-order chi connectivity index (χ0) is 40.7. The van der Waals surface area contributed by atoms with Crippen LogP contribution in [0.3, 0.4) is 0 Å². The van der Waals surface area contributed by atoms with Crippen LogP contribution >= 0.6 is 0 Å². The van der Waals surface area contributed by atoms with E-state index in [1.54, 1.807) is 0 Å². The Hall–Kier alpha value is -0.770. The Balaban J connectivity index is 2.18. The maximum atomic E-state index is 13.0. The van der Waals surface area contributed by atoms with Crippen molar-refractivity contribution >= 4 is 5.91 Å². The third kappa shape index (κ3) is 30.3. The molecule has 0 aromatic carbocycles. The summed E-state index contributed by atoms with van der Waals surface area (Å²) in [5.74, 6) is 0.0237. The highest BCUT2D eigenvalue weighted by molar-refractivity contribution is 5.76. The van der Waals surface area contributed by atoms with Crippen LogP contribution in [0.15, 0.2) is 0 Å². The van der Waals surface area contributed by atoms with Gasteiger partial charge in [-0.3, -0.25) is 4.79 Å². The zero-order valence-corrected chi connectivity index (χ0v) is 37.1. The third-order valence-corrected chi connectivity index (χ3v) is 12.1. The molecule has 1 saturated heterocycles. The van der Waals surface area contributed by atoms with Gasteiger partial charge in [0.15, 0.2) is 6.29 Å². The second kappa shape index (κ2) is 39.7. The van der Waals surface area contributed by atoms with Crippen molar-refractivity contribution in [2.75, 3.05) is 13.2 Å². The van der Waals surface area contributed by atoms with E-state index < -0.39 is 37.3 Å². The maximum Gasteiger partial charge on any atom is 0.220 e. The number of carbonyl (C=O) groups excluding carboxylic acids is 1. The van der Waals surface area contributed by atoms with E-state index in [1.165, 1.54) is 199 Å². The summed E-state index contributed by atoms with van der Waals surface area (Å²) in [7, 11) is 0. The van der Waals surface area contributed by atoms with Gasteiger partial charge in [-0.1, -0.05) is 232 Å². The van der Waals surface area contributed by atoms with Gasteiger partial charge < -0.3 is 35.2 Å². The Morgan fingerprint density at radius 1 is 0.500 bits per heavy atom. The Kier molecular flexibility index (Phi) is 37.7. The summed E-state index contributed by atoms with van der Waals surface area (Å²) in [6.07, 6.45) is 40.9. The number of hydrogen-bond acceptors (Lipinski definition) is 7. The van der Waals surface area contributed by atoms with Crippen LogP contribution in [0.2, 0.25) is 0 Å². The standard InChI is InChI=1S/C48H95NO7/c1-3-5-7-9-11-13-15-17-19-20-21-22-23-24-25-27-29-31-33-35-37-39-44(51)49-42(41-55-48-47(54)46(53)45(52)43(40-50)56-48)38-36-34-32-30-28-26-18-16-14-12-10-8-6-4-2/h42-43,45-48,50,52-54H,3-41H2,1-2H3,(H,49,51)/t42-,43+,45-,46-,47+,48-/m0/s1. The average molecular weight is 798 g/mol. The molecule has 0 saturated carbocycles. The van der Waals surface area contributed by atoms with Crippen molar-refractivity contribution in [2.24, 2.45) is 0 Å². The van der Waals surface area contributed by atoms with Crippen LogP contribution in [0.5, 0.6) is 0 Å². The van der Waals surface area contributed by atoms with Crippen LogP contribution in [0, 0.1) is 0 Å². The molecule has 8 nitrogen and oxygen atoms in total. The number of ether oxygens (including phenoxy) is 2. The van der Waals surface area contributed by atoms with E-state index >= 15 is 0 Å². The lowest BCUT2D eigenvalue weighted by molar-refractivity contribution is -0.302. The summed E-state index contributed by atoms with van der Waals surface area (Å²) >= 11 is 0. The van der Waals surface area contributed by atoms with E-state index in [0.717, 1.165) is 32.1 Å². The van der Waals surface area contributed by atoms with E-state index in [1.807, 2.05) is 0 Å². The summed E-state index contributed by atoms with van der Waals surface area (Å²) in [5.41, 5.74) is 0. The highest BCUT2D eigenvalue weighted by Gasteiger charge is 2.44. The van der Waals surface area contributed by atoms with E-state index in [9.17, 15) is 25.2 Å². The van der Waals surface area contributed by atoms with Crippen LogP contribution in [0.25, 0.3) is 0 Å². The van der Waals surface area contributed by atoms with Crippen LogP contribution < -0.4 is 5.32 Å². The van der Waals surface area contributed by atoms with Gasteiger partial charge in [0.2, 0.25) is 5.91 Å². The molecule has 1 heterocycles. The number of carbonyl (C=O) groups is 1. The second-order valence-electron chi connectivity index (χ2n) is 17.5. The fraction of sp³-hybridized carbons (Fsp3) is 0.979. The van der Waals surface area contributed by atoms with Gasteiger partial charge >= 0.3 is 0 Å². The Labute approximate surface area is 346 Å². The van der Waals surface area contributed by atoms with Crippen molar-refractivity contribution < 1.29 is 34.7 Å². The van der Waals surface area contributed by atoms with Crippen molar-refractivity contribution in [3.63, 3.8) is 0 Å². The summed E-state index contributed by atoms with van der Waals surface area (Å²) in [5, 5.41) is 43.4. The fourth-order valence-electron chi connectivity index (χ4n) is 8.22. The quantitative estimate of drug-likeness (QED) is 0.0389. The van der Waals surface area contributed by atoms with E-state index in [-0.39, 0.29) is 18.6 Å². The van der Waals surface area contributed by atoms with Gasteiger partial charge in [-0.05, 0) is 12.8 Å². The molecule has 1 aliphatic heterocycles. The molecule has 0 spiro atoms. The van der Waals surface area contributed by atoms with Crippen molar-refractivity contribution in [2.45, 2.75) is 288 Å². The molecule has 0 aromatic rings. The average Bonchev–Trinajstić information content (AvgIpc) is 3.20. The lowest BCUT2D eigenvalue weighted by atomic mass is 9.99. The lowest BCUT2D eigenvalue weighted by Crippen LogP contribution is -2.59. The van der Waals surface area contributed by atoms with Crippen molar-refractivity contribution in [1.82, 2.24) is 5.32 Å². The number of aliphatic hydroxyl groups is 4. The molecule has 0 aliphatic carbocycles. The molecule has 56 heavy (non-hydrogen) atoms. The second-order valence-corrected chi connectivity index (χ2v) is 17.5. The van der Waals surface area contributed by atoms with Gasteiger partial charge in [-0.25, -0.2) is 0 Å². The van der Waals surface area contributed by atoms with E-state index in [2.05, 4.69) is 19.2 Å². The van der Waals surface area contributed by atoms with Crippen LogP contribution in [-0.2, 0) is 14.3 Å². The first-order valence-electron chi connectivity index (χ1n) is 24.7. The van der Waals surface area contributed by atoms with Gasteiger partial charge in [0.25, 0.3) is 0 Å². The Morgan fingerprint density at radius 2 is 0.839 bits per heavy atom. The number of aliphatic hydroxyl groups excluding tert-OH is 4. The molecule has 1 aliphatic rings. The first-order chi connectivity index (χ1) is 27.4. The van der Waals surface area contributed by atoms with Crippen molar-refractivity contribution in [1.29, 1.82) is 0 Å². The molecule has 0 aromatic heterocycles. The monoisotopic (exact) mass is 798 g/mol. The molecule has 0 bridgehead atoms. The highest BCUT2D eigenvalue weighted by Crippen LogP contribution is 2.23. The molecular formula is C48H95NO7. The predicted octanol–water partition coefficient (Wildman–Crippen LogP) is 11.8. The van der Waals surface area contributed by atoms with Gasteiger partial charge in [0.05, 0.1) is 19.3 Å². The SMILES string of the molecule is CCCCCCCCCCCCCCCCCCCCCCCC(=O)N[C@@H](CCCCCCCCCCCCCCCC)CO[C@H]1O[C@H](CO)[C@H](O)[C@H](O)[C@H]1O. The summed E-state index contributed by atoms with van der Waals surface area (Å²) < 4.78 is 11.4. The molecule has 334 valence electrons. The van der Waals surface area contributed by atoms with Gasteiger partial charge in [-0.2, -0.15) is 0 Å². The minimum atomic E-state index is -1.48. The van der Waals surface area contributed by atoms with Crippen molar-refractivity contribution in [3.8, 4) is 0 Å². The number of rotatable bonds is 42. The van der Waals surface area contributed by atoms with Gasteiger partial charge in [-0.15, -0.1) is 0 Å². The number of hydrogen-bond donors (Lipinski definition) is 5.